The van der Waals surface area contributed by atoms with E-state index < -0.39 is 16.4 Å². The lowest BCUT2D eigenvalue weighted by Gasteiger charge is -2.38. The number of nitrogens with one attached hydrogen (secondary N) is 1. The van der Waals surface area contributed by atoms with Crippen LogP contribution in [-0.4, -0.2) is 55.3 Å². The number of hydrogen-bond acceptors (Lipinski definition) is 10. The summed E-state index contributed by atoms with van der Waals surface area (Å²) in [6.07, 6.45) is 2.01. The van der Waals surface area contributed by atoms with Crippen LogP contribution >= 0.6 is 10.6 Å². The van der Waals surface area contributed by atoms with Gasteiger partial charge < -0.3 is 20.2 Å². The summed E-state index contributed by atoms with van der Waals surface area (Å²) in [7, 11) is 0.350. The average molecular weight is 529 g/mol. The first-order valence-corrected chi connectivity index (χ1v) is 13.1. The highest BCUT2D eigenvalue weighted by Gasteiger charge is 2.24. The number of benzene rings is 2. The Kier molecular flexibility index (Phi) is 8.15. The van der Waals surface area contributed by atoms with E-state index in [1.54, 1.807) is 57.5 Å². The van der Waals surface area contributed by atoms with E-state index in [4.69, 9.17) is 14.9 Å². The first kappa shape index (κ1) is 26.6. The van der Waals surface area contributed by atoms with E-state index in [1.807, 2.05) is 0 Å². The largest absolute Gasteiger partial charge is 0.414 e. The molecule has 0 spiro atoms. The average Bonchev–Trinajstić information content (AvgIpc) is 3.37. The van der Waals surface area contributed by atoms with Gasteiger partial charge in [0.05, 0.1) is 27.6 Å². The standard InChI is InChI=1S/C25H29FN6O4S/c1-15(10-11-35-3)37(33,34)18-7-5-17(6-8-18)21-14-29-23(27)22(30-21)25-32-31-24(36-25)19-9-4-16(13-28-2)12-20(19)26/h4-9,12,14-15,28,33-34H,10-11,13H2,1-3H3,(H2,27,29). The topological polar surface area (TPSA) is 152 Å². The molecule has 37 heavy (non-hydrogen) atoms. The van der Waals surface area contributed by atoms with Crippen LogP contribution in [0.3, 0.4) is 0 Å². The molecule has 0 radical (unpaired) electrons. The normalized spacial score (nSPS) is 13.0. The fourth-order valence-electron chi connectivity index (χ4n) is 3.68. The van der Waals surface area contributed by atoms with Gasteiger partial charge in [0.2, 0.25) is 0 Å². The van der Waals surface area contributed by atoms with Gasteiger partial charge in [0.15, 0.2) is 11.5 Å². The highest BCUT2D eigenvalue weighted by atomic mass is 32.3. The van der Waals surface area contributed by atoms with Crippen LogP contribution in [0.1, 0.15) is 18.9 Å². The molecule has 2 aromatic heterocycles. The Morgan fingerprint density at radius 3 is 2.54 bits per heavy atom. The molecule has 0 aliphatic heterocycles. The number of ether oxygens (including phenoxy) is 1. The number of nitrogens with two attached hydrogens (primary N) is 1. The van der Waals surface area contributed by atoms with Gasteiger partial charge in [-0.15, -0.1) is 10.2 Å². The lowest BCUT2D eigenvalue weighted by atomic mass is 10.1. The molecular weight excluding hydrogens is 499 g/mol. The molecule has 1 unspecified atom stereocenters. The smallest absolute Gasteiger partial charge is 0.270 e. The van der Waals surface area contributed by atoms with Crippen LogP contribution in [0.2, 0.25) is 0 Å². The zero-order valence-electron chi connectivity index (χ0n) is 20.7. The number of hydrogen-bond donors (Lipinski definition) is 4. The van der Waals surface area contributed by atoms with Gasteiger partial charge in [-0.2, -0.15) is 10.6 Å². The SMILES string of the molecule is CNCc1ccc(-c2nnc(-c3nc(-c4ccc(S(O)(O)C(C)CCOC)cc4)cnc3N)o2)c(F)c1. The molecule has 0 saturated carbocycles. The summed E-state index contributed by atoms with van der Waals surface area (Å²) < 4.78 is 46.8. The van der Waals surface area contributed by atoms with Gasteiger partial charge in [-0.25, -0.2) is 14.4 Å². The van der Waals surface area contributed by atoms with Gasteiger partial charge in [0.25, 0.3) is 11.8 Å². The van der Waals surface area contributed by atoms with Crippen molar-refractivity contribution in [2.75, 3.05) is 26.5 Å². The third-order valence-corrected chi connectivity index (χ3v) is 8.18. The number of aromatic nitrogens is 4. The van der Waals surface area contributed by atoms with Crippen molar-refractivity contribution >= 4 is 16.4 Å². The van der Waals surface area contributed by atoms with Crippen molar-refractivity contribution in [1.82, 2.24) is 25.5 Å². The molecule has 12 heteroatoms. The number of nitrogen functional groups attached to an aromatic ring is 1. The Labute approximate surface area is 215 Å². The van der Waals surface area contributed by atoms with E-state index in [-0.39, 0.29) is 34.1 Å². The van der Waals surface area contributed by atoms with Gasteiger partial charge in [-0.3, -0.25) is 9.11 Å². The third-order valence-electron chi connectivity index (χ3n) is 5.86. The van der Waals surface area contributed by atoms with Gasteiger partial charge in [0.1, 0.15) is 5.82 Å². The van der Waals surface area contributed by atoms with E-state index >= 15 is 0 Å². The van der Waals surface area contributed by atoms with E-state index in [9.17, 15) is 13.5 Å². The van der Waals surface area contributed by atoms with Crippen LogP contribution < -0.4 is 11.1 Å². The predicted octanol–water partition coefficient (Wildman–Crippen LogP) is 4.84. The maximum atomic E-state index is 14.6. The van der Waals surface area contributed by atoms with Crippen molar-refractivity contribution < 1.29 is 22.6 Å². The quantitative estimate of drug-likeness (QED) is 0.225. The maximum Gasteiger partial charge on any atom is 0.270 e. The number of halogens is 1. The minimum atomic E-state index is -3.00. The Balaban J connectivity index is 1.59. The monoisotopic (exact) mass is 528 g/mol. The molecule has 1 atom stereocenters. The van der Waals surface area contributed by atoms with Crippen LogP contribution in [0.15, 0.2) is 58.0 Å². The van der Waals surface area contributed by atoms with Crippen LogP contribution in [0.5, 0.6) is 0 Å². The molecule has 10 nitrogen and oxygen atoms in total. The Bertz CT molecular complexity index is 1370. The van der Waals surface area contributed by atoms with Crippen LogP contribution in [0.25, 0.3) is 34.3 Å². The molecule has 0 saturated heterocycles. The molecule has 0 aliphatic carbocycles. The zero-order valence-corrected chi connectivity index (χ0v) is 21.5. The molecule has 5 N–H and O–H groups in total. The molecule has 0 fully saturated rings. The Morgan fingerprint density at radius 1 is 1.14 bits per heavy atom. The maximum absolute atomic E-state index is 14.6. The van der Waals surface area contributed by atoms with Gasteiger partial charge >= 0.3 is 0 Å². The molecule has 2 aromatic carbocycles. The van der Waals surface area contributed by atoms with Crippen molar-refractivity contribution in [3.63, 3.8) is 0 Å². The van der Waals surface area contributed by atoms with Crippen molar-refractivity contribution in [2.24, 2.45) is 0 Å². The summed E-state index contributed by atoms with van der Waals surface area (Å²) in [6.45, 7) is 2.74. The summed E-state index contributed by atoms with van der Waals surface area (Å²) in [6, 6.07) is 11.5. The molecular formula is C25H29FN6O4S. The van der Waals surface area contributed by atoms with Crippen molar-refractivity contribution in [2.45, 2.75) is 30.0 Å². The molecule has 4 rings (SSSR count). The van der Waals surface area contributed by atoms with Gasteiger partial charge in [0, 0.05) is 25.8 Å². The zero-order chi connectivity index (χ0) is 26.6. The van der Waals surface area contributed by atoms with Crippen LogP contribution in [0.4, 0.5) is 10.2 Å². The predicted molar refractivity (Wildman–Crippen MR) is 140 cm³/mol. The number of rotatable bonds is 10. The van der Waals surface area contributed by atoms with Gasteiger partial charge in [-0.1, -0.05) is 18.2 Å². The number of methoxy groups -OCH3 is 1. The summed E-state index contributed by atoms with van der Waals surface area (Å²) in [4.78, 5) is 9.15. The molecule has 0 aliphatic rings. The van der Waals surface area contributed by atoms with Gasteiger partial charge in [-0.05, 0) is 50.2 Å². The second kappa shape index (κ2) is 11.3. The van der Waals surface area contributed by atoms with Crippen LogP contribution in [0, 0.1) is 5.82 Å². The molecule has 2 heterocycles. The highest BCUT2D eigenvalue weighted by molar-refractivity contribution is 8.24. The van der Waals surface area contributed by atoms with E-state index in [2.05, 4.69) is 25.5 Å². The summed E-state index contributed by atoms with van der Waals surface area (Å²) in [5.74, 6) is -0.425. The van der Waals surface area contributed by atoms with E-state index in [1.165, 1.54) is 12.3 Å². The Morgan fingerprint density at radius 2 is 1.86 bits per heavy atom. The van der Waals surface area contributed by atoms with Crippen molar-refractivity contribution in [3.8, 4) is 34.3 Å². The minimum absolute atomic E-state index is 0.00156. The second-order valence-electron chi connectivity index (χ2n) is 8.46. The fraction of sp³-hybridized carbons (Fsp3) is 0.280. The molecule has 0 amide bonds. The molecule has 4 aromatic rings. The Hall–Kier alpha value is -3.42. The minimum Gasteiger partial charge on any atom is -0.414 e. The summed E-state index contributed by atoms with van der Waals surface area (Å²) in [5.41, 5.74) is 8.26. The highest BCUT2D eigenvalue weighted by Crippen LogP contribution is 2.53. The second-order valence-corrected chi connectivity index (χ2v) is 10.9. The lowest BCUT2D eigenvalue weighted by Crippen LogP contribution is -2.16. The molecule has 0 bridgehead atoms. The van der Waals surface area contributed by atoms with Crippen LogP contribution in [-0.2, 0) is 11.3 Å². The molecule has 196 valence electrons. The van der Waals surface area contributed by atoms with E-state index in [0.717, 1.165) is 5.56 Å². The number of nitrogens with zero attached hydrogens (tertiary/aromatic N) is 4. The van der Waals surface area contributed by atoms with Crippen molar-refractivity contribution in [1.29, 1.82) is 0 Å². The first-order chi connectivity index (χ1) is 17.7. The summed E-state index contributed by atoms with van der Waals surface area (Å²) in [5, 5.41) is 10.6. The fourth-order valence-corrected chi connectivity index (χ4v) is 5.10. The lowest BCUT2D eigenvalue weighted by molar-refractivity contribution is 0.193. The summed E-state index contributed by atoms with van der Waals surface area (Å²) >= 11 is 0. The van der Waals surface area contributed by atoms with Crippen molar-refractivity contribution in [3.05, 3.63) is 60.0 Å². The third kappa shape index (κ3) is 5.78. The number of anilines is 1. The first-order valence-electron chi connectivity index (χ1n) is 11.5. The van der Waals surface area contributed by atoms with E-state index in [0.29, 0.717) is 35.7 Å².